The minimum atomic E-state index is 0.526. The van der Waals surface area contributed by atoms with Crippen LogP contribution in [0.3, 0.4) is 0 Å². The van der Waals surface area contributed by atoms with E-state index in [1.165, 1.54) is 57.8 Å². The predicted molar refractivity (Wildman–Crippen MR) is 81.4 cm³/mol. The molecule has 0 amide bonds. The molecule has 3 atom stereocenters. The van der Waals surface area contributed by atoms with Gasteiger partial charge in [-0.2, -0.15) is 0 Å². The Bertz CT molecular complexity index is 237. The summed E-state index contributed by atoms with van der Waals surface area (Å²) in [6.07, 6.45) is 13.0. The maximum Gasteiger partial charge on any atom is 0.0626 e. The van der Waals surface area contributed by atoms with Crippen molar-refractivity contribution in [3.8, 4) is 0 Å². The van der Waals surface area contributed by atoms with Crippen LogP contribution in [0.4, 0.5) is 0 Å². The molecule has 2 aliphatic carbocycles. The van der Waals surface area contributed by atoms with Gasteiger partial charge in [-0.05, 0) is 44.1 Å². The standard InChI is InChI=1S/C17H33NO/c1-3-18-16(15-10-5-4-6-11-15)13-19-17-12-8-7-9-14(17)2/h14-18H,3-13H2,1-2H3. The van der Waals surface area contributed by atoms with Crippen LogP contribution in [0.5, 0.6) is 0 Å². The molecular weight excluding hydrogens is 234 g/mol. The lowest BCUT2D eigenvalue weighted by molar-refractivity contribution is -0.0238. The molecule has 0 heterocycles. The van der Waals surface area contributed by atoms with Crippen molar-refractivity contribution in [1.29, 1.82) is 0 Å². The van der Waals surface area contributed by atoms with Gasteiger partial charge in [-0.15, -0.1) is 0 Å². The minimum absolute atomic E-state index is 0.526. The predicted octanol–water partition coefficient (Wildman–Crippen LogP) is 4.14. The molecule has 2 heteroatoms. The Labute approximate surface area is 119 Å². The van der Waals surface area contributed by atoms with Crippen molar-refractivity contribution in [2.45, 2.75) is 83.8 Å². The first-order valence-corrected chi connectivity index (χ1v) is 8.66. The summed E-state index contributed by atoms with van der Waals surface area (Å²) in [5.74, 6) is 1.62. The highest BCUT2D eigenvalue weighted by Gasteiger charge is 2.26. The molecule has 0 aromatic carbocycles. The number of hydrogen-bond donors (Lipinski definition) is 1. The van der Waals surface area contributed by atoms with E-state index in [1.54, 1.807) is 0 Å². The molecule has 2 fully saturated rings. The molecule has 2 aliphatic rings. The quantitative estimate of drug-likeness (QED) is 0.781. The summed E-state index contributed by atoms with van der Waals surface area (Å²) < 4.78 is 6.30. The van der Waals surface area contributed by atoms with Crippen molar-refractivity contribution in [1.82, 2.24) is 5.32 Å². The Kier molecular flexibility index (Phi) is 6.66. The van der Waals surface area contributed by atoms with Crippen molar-refractivity contribution in [3.63, 3.8) is 0 Å². The number of nitrogens with one attached hydrogen (secondary N) is 1. The Balaban J connectivity index is 1.78. The lowest BCUT2D eigenvalue weighted by atomic mass is 9.84. The summed E-state index contributed by atoms with van der Waals surface area (Å²) in [5.41, 5.74) is 0. The second-order valence-corrected chi connectivity index (χ2v) is 6.70. The molecule has 0 aromatic heterocycles. The first-order chi connectivity index (χ1) is 9.31. The van der Waals surface area contributed by atoms with Gasteiger partial charge in [0.05, 0.1) is 12.7 Å². The van der Waals surface area contributed by atoms with Gasteiger partial charge < -0.3 is 10.1 Å². The number of hydrogen-bond acceptors (Lipinski definition) is 2. The average Bonchev–Trinajstić information content (AvgIpc) is 2.46. The van der Waals surface area contributed by atoms with Crippen LogP contribution in [0.1, 0.15) is 71.6 Å². The van der Waals surface area contributed by atoms with Gasteiger partial charge in [0.15, 0.2) is 0 Å². The van der Waals surface area contributed by atoms with E-state index in [-0.39, 0.29) is 0 Å². The molecule has 0 aromatic rings. The van der Waals surface area contributed by atoms with Gasteiger partial charge in [0.1, 0.15) is 0 Å². The molecule has 19 heavy (non-hydrogen) atoms. The van der Waals surface area contributed by atoms with Crippen LogP contribution in [0.15, 0.2) is 0 Å². The molecule has 3 unspecified atom stereocenters. The molecule has 0 radical (unpaired) electrons. The third-order valence-electron chi connectivity index (χ3n) is 5.21. The van der Waals surface area contributed by atoms with E-state index in [9.17, 15) is 0 Å². The highest BCUT2D eigenvalue weighted by molar-refractivity contribution is 4.80. The first-order valence-electron chi connectivity index (χ1n) is 8.66. The molecule has 2 nitrogen and oxygen atoms in total. The second kappa shape index (κ2) is 8.26. The summed E-state index contributed by atoms with van der Waals surface area (Å²) in [5, 5.41) is 3.68. The zero-order valence-corrected chi connectivity index (χ0v) is 13.0. The van der Waals surface area contributed by atoms with E-state index in [1.807, 2.05) is 0 Å². The van der Waals surface area contributed by atoms with Crippen molar-refractivity contribution in [2.24, 2.45) is 11.8 Å². The molecule has 0 spiro atoms. The van der Waals surface area contributed by atoms with E-state index in [4.69, 9.17) is 4.74 Å². The summed E-state index contributed by atoms with van der Waals surface area (Å²) >= 11 is 0. The van der Waals surface area contributed by atoms with Gasteiger partial charge in [0, 0.05) is 6.04 Å². The third-order valence-corrected chi connectivity index (χ3v) is 5.21. The van der Waals surface area contributed by atoms with Crippen LogP contribution in [0.25, 0.3) is 0 Å². The second-order valence-electron chi connectivity index (χ2n) is 6.70. The monoisotopic (exact) mass is 267 g/mol. The maximum absolute atomic E-state index is 6.30. The number of likely N-dealkylation sites (N-methyl/N-ethyl adjacent to an activating group) is 1. The zero-order valence-electron chi connectivity index (χ0n) is 13.0. The van der Waals surface area contributed by atoms with Crippen molar-refractivity contribution in [3.05, 3.63) is 0 Å². The van der Waals surface area contributed by atoms with Crippen molar-refractivity contribution in [2.75, 3.05) is 13.2 Å². The smallest absolute Gasteiger partial charge is 0.0626 e. The van der Waals surface area contributed by atoms with E-state index in [2.05, 4.69) is 19.2 Å². The highest BCUT2D eigenvalue weighted by atomic mass is 16.5. The topological polar surface area (TPSA) is 21.3 Å². The molecular formula is C17H33NO. The molecule has 112 valence electrons. The van der Waals surface area contributed by atoms with E-state index in [0.29, 0.717) is 12.1 Å². The third kappa shape index (κ3) is 4.75. The Hall–Kier alpha value is -0.0800. The number of ether oxygens (including phenoxy) is 1. The average molecular weight is 267 g/mol. The van der Waals surface area contributed by atoms with Gasteiger partial charge in [-0.3, -0.25) is 0 Å². The highest BCUT2D eigenvalue weighted by Crippen LogP contribution is 2.29. The molecule has 0 aliphatic heterocycles. The van der Waals surface area contributed by atoms with Gasteiger partial charge in [-0.25, -0.2) is 0 Å². The molecule has 0 saturated heterocycles. The lowest BCUT2D eigenvalue weighted by Crippen LogP contribution is -2.42. The molecule has 2 saturated carbocycles. The summed E-state index contributed by atoms with van der Waals surface area (Å²) in [4.78, 5) is 0. The zero-order chi connectivity index (χ0) is 13.5. The van der Waals surface area contributed by atoms with Crippen LogP contribution >= 0.6 is 0 Å². The van der Waals surface area contributed by atoms with E-state index in [0.717, 1.165) is 25.0 Å². The Morgan fingerprint density at radius 3 is 2.37 bits per heavy atom. The lowest BCUT2D eigenvalue weighted by Gasteiger charge is -2.34. The van der Waals surface area contributed by atoms with E-state index < -0.39 is 0 Å². The largest absolute Gasteiger partial charge is 0.376 e. The molecule has 0 bridgehead atoms. The summed E-state index contributed by atoms with van der Waals surface area (Å²) in [6, 6.07) is 0.597. The number of rotatable bonds is 6. The van der Waals surface area contributed by atoms with Gasteiger partial charge in [0.2, 0.25) is 0 Å². The van der Waals surface area contributed by atoms with E-state index >= 15 is 0 Å². The normalized spacial score (nSPS) is 31.3. The van der Waals surface area contributed by atoms with Crippen LogP contribution in [-0.2, 0) is 4.74 Å². The fourth-order valence-corrected chi connectivity index (χ4v) is 3.92. The minimum Gasteiger partial charge on any atom is -0.376 e. The van der Waals surface area contributed by atoms with Crippen LogP contribution in [0.2, 0.25) is 0 Å². The van der Waals surface area contributed by atoms with Gasteiger partial charge in [-0.1, -0.05) is 46.0 Å². The van der Waals surface area contributed by atoms with Crippen LogP contribution in [0, 0.1) is 11.8 Å². The first kappa shape index (κ1) is 15.3. The van der Waals surface area contributed by atoms with Crippen molar-refractivity contribution < 1.29 is 4.74 Å². The molecule has 1 N–H and O–H groups in total. The maximum atomic E-state index is 6.30. The van der Waals surface area contributed by atoms with Crippen LogP contribution in [-0.4, -0.2) is 25.3 Å². The van der Waals surface area contributed by atoms with Crippen LogP contribution < -0.4 is 5.32 Å². The van der Waals surface area contributed by atoms with Crippen molar-refractivity contribution >= 4 is 0 Å². The molecule has 2 rings (SSSR count). The summed E-state index contributed by atoms with van der Waals surface area (Å²) in [7, 11) is 0. The summed E-state index contributed by atoms with van der Waals surface area (Å²) in [6.45, 7) is 6.60. The SMILES string of the molecule is CCNC(COC1CCCCC1C)C1CCCCC1. The van der Waals surface area contributed by atoms with Gasteiger partial charge >= 0.3 is 0 Å². The Morgan fingerprint density at radius 1 is 1.00 bits per heavy atom. The van der Waals surface area contributed by atoms with Gasteiger partial charge in [0.25, 0.3) is 0 Å². The fourth-order valence-electron chi connectivity index (χ4n) is 3.92. The Morgan fingerprint density at radius 2 is 1.68 bits per heavy atom. The fraction of sp³-hybridized carbons (Fsp3) is 1.00.